The zero-order valence-electron chi connectivity index (χ0n) is 11.3. The van der Waals surface area contributed by atoms with E-state index in [1.807, 2.05) is 18.2 Å². The summed E-state index contributed by atoms with van der Waals surface area (Å²) in [6.45, 7) is 2.95. The first-order chi connectivity index (χ1) is 9.36. The first kappa shape index (κ1) is 12.2. The van der Waals surface area contributed by atoms with Crippen molar-refractivity contribution >= 4 is 22.7 Å². The van der Waals surface area contributed by atoms with Crippen molar-refractivity contribution in [2.45, 2.75) is 38.6 Å². The van der Waals surface area contributed by atoms with E-state index in [-0.39, 0.29) is 0 Å². The van der Waals surface area contributed by atoms with Crippen molar-refractivity contribution in [1.82, 2.24) is 9.97 Å². The molecule has 0 radical (unpaired) electrons. The van der Waals surface area contributed by atoms with Crippen LogP contribution in [0.4, 0.5) is 11.8 Å². The van der Waals surface area contributed by atoms with E-state index in [0.717, 1.165) is 29.2 Å². The van der Waals surface area contributed by atoms with Crippen LogP contribution < -0.4 is 10.6 Å². The molecule has 100 valence electrons. The molecule has 1 heterocycles. The van der Waals surface area contributed by atoms with Gasteiger partial charge in [-0.15, -0.1) is 0 Å². The van der Waals surface area contributed by atoms with Gasteiger partial charge in [0.25, 0.3) is 0 Å². The molecular weight excluding hydrogens is 236 g/mol. The Bertz CT molecular complexity index is 561. The van der Waals surface area contributed by atoms with Gasteiger partial charge in [0.1, 0.15) is 5.82 Å². The molecule has 1 aliphatic carbocycles. The Labute approximate surface area is 113 Å². The van der Waals surface area contributed by atoms with Crippen LogP contribution in [-0.4, -0.2) is 22.6 Å². The van der Waals surface area contributed by atoms with Gasteiger partial charge >= 0.3 is 0 Å². The van der Waals surface area contributed by atoms with Crippen LogP contribution in [-0.2, 0) is 0 Å². The van der Waals surface area contributed by atoms with Gasteiger partial charge < -0.3 is 10.6 Å². The highest BCUT2D eigenvalue weighted by Gasteiger charge is 2.16. The number of benzene rings is 1. The van der Waals surface area contributed by atoms with E-state index in [2.05, 4.69) is 33.6 Å². The molecule has 0 saturated heterocycles. The molecule has 0 aliphatic heterocycles. The number of fused-ring (bicyclic) bond motifs is 1. The van der Waals surface area contributed by atoms with E-state index in [1.54, 1.807) is 0 Å². The van der Waals surface area contributed by atoms with Crippen LogP contribution in [0, 0.1) is 0 Å². The Morgan fingerprint density at radius 2 is 1.95 bits per heavy atom. The van der Waals surface area contributed by atoms with Crippen LogP contribution in [0.15, 0.2) is 24.3 Å². The molecule has 0 spiro atoms. The summed E-state index contributed by atoms with van der Waals surface area (Å²) in [5.41, 5.74) is 0.994. The third kappa shape index (κ3) is 2.62. The molecule has 4 nitrogen and oxygen atoms in total. The SMILES string of the molecule is CCNc1nc(NC2CCCC2)nc2ccccc12. The van der Waals surface area contributed by atoms with Crippen molar-refractivity contribution in [3.8, 4) is 0 Å². The van der Waals surface area contributed by atoms with E-state index >= 15 is 0 Å². The molecule has 19 heavy (non-hydrogen) atoms. The summed E-state index contributed by atoms with van der Waals surface area (Å²) in [4.78, 5) is 9.24. The van der Waals surface area contributed by atoms with Gasteiger partial charge in [-0.3, -0.25) is 0 Å². The lowest BCUT2D eigenvalue weighted by atomic mass is 10.2. The second kappa shape index (κ2) is 5.43. The molecule has 1 aliphatic rings. The number of aromatic nitrogens is 2. The van der Waals surface area contributed by atoms with E-state index < -0.39 is 0 Å². The predicted octanol–water partition coefficient (Wildman–Crippen LogP) is 3.42. The summed E-state index contributed by atoms with van der Waals surface area (Å²) in [5.74, 6) is 1.68. The van der Waals surface area contributed by atoms with E-state index in [4.69, 9.17) is 0 Å². The van der Waals surface area contributed by atoms with Gasteiger partial charge in [-0.05, 0) is 31.9 Å². The summed E-state index contributed by atoms with van der Waals surface area (Å²) < 4.78 is 0. The zero-order valence-corrected chi connectivity index (χ0v) is 11.3. The van der Waals surface area contributed by atoms with Gasteiger partial charge in [-0.2, -0.15) is 4.98 Å². The van der Waals surface area contributed by atoms with Crippen molar-refractivity contribution in [2.24, 2.45) is 0 Å². The topological polar surface area (TPSA) is 49.8 Å². The largest absolute Gasteiger partial charge is 0.370 e. The van der Waals surface area contributed by atoms with Crippen molar-refractivity contribution in [2.75, 3.05) is 17.2 Å². The fourth-order valence-corrected chi connectivity index (χ4v) is 2.70. The van der Waals surface area contributed by atoms with Crippen LogP contribution in [0.3, 0.4) is 0 Å². The lowest BCUT2D eigenvalue weighted by molar-refractivity contribution is 0.745. The second-order valence-corrected chi connectivity index (χ2v) is 5.07. The Balaban J connectivity index is 1.95. The highest BCUT2D eigenvalue weighted by atomic mass is 15.2. The van der Waals surface area contributed by atoms with Gasteiger partial charge in [0, 0.05) is 18.0 Å². The number of nitrogens with zero attached hydrogens (tertiary/aromatic N) is 2. The highest BCUT2D eigenvalue weighted by molar-refractivity contribution is 5.89. The number of anilines is 2. The Morgan fingerprint density at radius 3 is 2.74 bits per heavy atom. The second-order valence-electron chi connectivity index (χ2n) is 5.07. The van der Waals surface area contributed by atoms with Crippen molar-refractivity contribution in [3.63, 3.8) is 0 Å². The molecule has 1 aromatic carbocycles. The molecule has 2 aromatic rings. The quantitative estimate of drug-likeness (QED) is 0.880. The van der Waals surface area contributed by atoms with Crippen molar-refractivity contribution in [1.29, 1.82) is 0 Å². The molecule has 0 unspecified atom stereocenters. The normalized spacial score (nSPS) is 15.8. The molecule has 0 bridgehead atoms. The van der Waals surface area contributed by atoms with Crippen molar-refractivity contribution < 1.29 is 0 Å². The minimum Gasteiger partial charge on any atom is -0.370 e. The molecule has 1 saturated carbocycles. The third-order valence-electron chi connectivity index (χ3n) is 3.64. The number of para-hydroxylation sites is 1. The fraction of sp³-hybridized carbons (Fsp3) is 0.467. The lowest BCUT2D eigenvalue weighted by Gasteiger charge is -2.14. The maximum Gasteiger partial charge on any atom is 0.225 e. The fourth-order valence-electron chi connectivity index (χ4n) is 2.70. The molecule has 0 amide bonds. The molecule has 3 rings (SSSR count). The Morgan fingerprint density at radius 1 is 1.16 bits per heavy atom. The maximum atomic E-state index is 4.62. The summed E-state index contributed by atoms with van der Waals surface area (Å²) >= 11 is 0. The van der Waals surface area contributed by atoms with Gasteiger partial charge in [0.2, 0.25) is 5.95 Å². The molecule has 0 atom stereocenters. The average molecular weight is 256 g/mol. The van der Waals surface area contributed by atoms with Gasteiger partial charge in [-0.1, -0.05) is 25.0 Å². The van der Waals surface area contributed by atoms with Crippen LogP contribution >= 0.6 is 0 Å². The number of hydrogen-bond acceptors (Lipinski definition) is 4. The smallest absolute Gasteiger partial charge is 0.225 e. The maximum absolute atomic E-state index is 4.62. The number of nitrogens with one attached hydrogen (secondary N) is 2. The summed E-state index contributed by atoms with van der Waals surface area (Å²) in [5, 5.41) is 7.88. The van der Waals surface area contributed by atoms with Crippen molar-refractivity contribution in [3.05, 3.63) is 24.3 Å². The lowest BCUT2D eigenvalue weighted by Crippen LogP contribution is -2.17. The summed E-state index contributed by atoms with van der Waals surface area (Å²) in [6.07, 6.45) is 5.08. The summed E-state index contributed by atoms with van der Waals surface area (Å²) in [7, 11) is 0. The third-order valence-corrected chi connectivity index (χ3v) is 3.64. The Hall–Kier alpha value is -1.84. The molecule has 2 N–H and O–H groups in total. The van der Waals surface area contributed by atoms with Gasteiger partial charge in [0.15, 0.2) is 0 Å². The Kier molecular flexibility index (Phi) is 3.49. The van der Waals surface area contributed by atoms with E-state index in [1.165, 1.54) is 25.7 Å². The molecule has 4 heteroatoms. The van der Waals surface area contributed by atoms with Crippen LogP contribution in [0.2, 0.25) is 0 Å². The van der Waals surface area contributed by atoms with Gasteiger partial charge in [-0.25, -0.2) is 4.98 Å². The van der Waals surface area contributed by atoms with E-state index in [0.29, 0.717) is 6.04 Å². The predicted molar refractivity (Wildman–Crippen MR) is 79.6 cm³/mol. The standard InChI is InChI=1S/C15H20N4/c1-2-16-14-12-9-5-6-10-13(12)18-15(19-14)17-11-7-3-4-8-11/h5-6,9-11H,2-4,7-8H2,1H3,(H2,16,17,18,19). The first-order valence-corrected chi connectivity index (χ1v) is 7.14. The molecule has 1 aromatic heterocycles. The van der Waals surface area contributed by atoms with Crippen LogP contribution in [0.25, 0.3) is 10.9 Å². The number of rotatable bonds is 4. The first-order valence-electron chi connectivity index (χ1n) is 7.14. The average Bonchev–Trinajstić information content (AvgIpc) is 2.92. The summed E-state index contributed by atoms with van der Waals surface area (Å²) in [6, 6.07) is 8.68. The van der Waals surface area contributed by atoms with Crippen LogP contribution in [0.1, 0.15) is 32.6 Å². The zero-order chi connectivity index (χ0) is 13.1. The minimum absolute atomic E-state index is 0.538. The highest BCUT2D eigenvalue weighted by Crippen LogP contribution is 2.25. The van der Waals surface area contributed by atoms with E-state index in [9.17, 15) is 0 Å². The monoisotopic (exact) mass is 256 g/mol. The molecule has 1 fully saturated rings. The van der Waals surface area contributed by atoms with Crippen LogP contribution in [0.5, 0.6) is 0 Å². The minimum atomic E-state index is 0.538. The molecular formula is C15H20N4. The number of hydrogen-bond donors (Lipinski definition) is 2. The van der Waals surface area contributed by atoms with Gasteiger partial charge in [0.05, 0.1) is 5.52 Å².